The summed E-state index contributed by atoms with van der Waals surface area (Å²) in [6, 6.07) is 4.85. The fourth-order valence-electron chi connectivity index (χ4n) is 4.65. The third kappa shape index (κ3) is 2.89. The number of rotatable bonds is 2. The van der Waals surface area contributed by atoms with Crippen LogP contribution in [0.15, 0.2) is 18.2 Å². The van der Waals surface area contributed by atoms with Gasteiger partial charge < -0.3 is 10.2 Å². The first-order valence-electron chi connectivity index (χ1n) is 9.31. The molecule has 0 bridgehead atoms. The molecule has 3 aliphatic rings. The summed E-state index contributed by atoms with van der Waals surface area (Å²) in [5.41, 5.74) is 4.48. The van der Waals surface area contributed by atoms with Gasteiger partial charge in [-0.05, 0) is 56.4 Å². The van der Waals surface area contributed by atoms with Crippen LogP contribution in [0.1, 0.15) is 31.2 Å². The van der Waals surface area contributed by atoms with Gasteiger partial charge in [-0.3, -0.25) is 15.0 Å². The molecule has 1 aliphatic carbocycles. The van der Waals surface area contributed by atoms with E-state index in [0.29, 0.717) is 17.7 Å². The van der Waals surface area contributed by atoms with Crippen LogP contribution >= 0.6 is 0 Å². The molecule has 0 aromatic heterocycles. The van der Waals surface area contributed by atoms with Gasteiger partial charge in [0.1, 0.15) is 11.9 Å². The van der Waals surface area contributed by atoms with E-state index in [2.05, 4.69) is 15.8 Å². The fraction of sp³-hybridized carbons (Fsp3) is 0.579. The van der Waals surface area contributed by atoms with Gasteiger partial charge in [0.2, 0.25) is 11.8 Å². The van der Waals surface area contributed by atoms with E-state index in [9.17, 15) is 14.0 Å². The van der Waals surface area contributed by atoms with Crippen LogP contribution in [0.4, 0.5) is 10.1 Å². The van der Waals surface area contributed by atoms with E-state index in [0.717, 1.165) is 25.8 Å². The summed E-state index contributed by atoms with van der Waals surface area (Å²) in [5.74, 6) is -0.326. The van der Waals surface area contributed by atoms with Gasteiger partial charge in [0.15, 0.2) is 0 Å². The average Bonchev–Trinajstić information content (AvgIpc) is 3.12. The van der Waals surface area contributed by atoms with E-state index in [-0.39, 0.29) is 41.7 Å². The fourth-order valence-corrected chi connectivity index (χ4v) is 4.65. The van der Waals surface area contributed by atoms with Crippen molar-refractivity contribution in [1.29, 1.82) is 0 Å². The number of nitrogens with zero attached hydrogens (tertiary/aromatic N) is 2. The molecule has 140 valence electrons. The topological polar surface area (TPSA) is 64.7 Å². The molecule has 6 nitrogen and oxygen atoms in total. The Morgan fingerprint density at radius 3 is 2.85 bits per heavy atom. The number of anilines is 1. The molecule has 26 heavy (non-hydrogen) atoms. The molecule has 1 saturated carbocycles. The number of benzene rings is 1. The van der Waals surface area contributed by atoms with Crippen LogP contribution < -0.4 is 10.7 Å². The van der Waals surface area contributed by atoms with Crippen molar-refractivity contribution in [3.63, 3.8) is 0 Å². The highest BCUT2D eigenvalue weighted by Gasteiger charge is 2.50. The van der Waals surface area contributed by atoms with Crippen LogP contribution in [0, 0.1) is 18.7 Å². The molecule has 2 heterocycles. The monoisotopic (exact) mass is 360 g/mol. The summed E-state index contributed by atoms with van der Waals surface area (Å²) >= 11 is 0. The molecule has 2 aliphatic heterocycles. The van der Waals surface area contributed by atoms with Gasteiger partial charge in [0.05, 0.1) is 0 Å². The normalized spacial score (nSPS) is 31.5. The molecule has 0 radical (unpaired) electrons. The Morgan fingerprint density at radius 1 is 1.27 bits per heavy atom. The zero-order valence-electron chi connectivity index (χ0n) is 15.2. The van der Waals surface area contributed by atoms with Crippen molar-refractivity contribution < 1.29 is 14.0 Å². The maximum Gasteiger partial charge on any atom is 0.241 e. The third-order valence-corrected chi connectivity index (χ3v) is 6.11. The molecular formula is C19H25FN4O2. The molecule has 2 amide bonds. The minimum Gasteiger partial charge on any atom is -0.340 e. The van der Waals surface area contributed by atoms with Crippen molar-refractivity contribution in [2.75, 3.05) is 18.9 Å². The predicted octanol–water partition coefficient (Wildman–Crippen LogP) is 1.66. The van der Waals surface area contributed by atoms with Crippen molar-refractivity contribution in [3.8, 4) is 0 Å². The van der Waals surface area contributed by atoms with Gasteiger partial charge in [-0.2, -0.15) is 0 Å². The number of hydrogen-bond donors (Lipinski definition) is 2. The molecule has 7 heteroatoms. The molecule has 0 spiro atoms. The van der Waals surface area contributed by atoms with Crippen molar-refractivity contribution in [2.24, 2.45) is 5.92 Å². The maximum atomic E-state index is 13.4. The van der Waals surface area contributed by atoms with E-state index in [1.807, 2.05) is 11.9 Å². The van der Waals surface area contributed by atoms with Crippen LogP contribution in [0.5, 0.6) is 0 Å². The number of carbonyl (C=O) groups excluding carboxylic acids is 2. The number of piperazine rings is 1. The Kier molecular flexibility index (Phi) is 4.44. The van der Waals surface area contributed by atoms with Gasteiger partial charge in [-0.15, -0.1) is 0 Å². The van der Waals surface area contributed by atoms with E-state index in [1.165, 1.54) is 6.07 Å². The Hall–Kier alpha value is -1.99. The number of aryl methyl sites for hydroxylation is 1. The number of hydrogen-bond acceptors (Lipinski definition) is 4. The summed E-state index contributed by atoms with van der Waals surface area (Å²) in [6.07, 6.45) is 3.18. The SMILES string of the molecule is Cc1cc(NC(=O)C2CCC3C(C2)N(C)C(=O)C2CCNN23)ccc1F. The van der Waals surface area contributed by atoms with Gasteiger partial charge >= 0.3 is 0 Å². The van der Waals surface area contributed by atoms with Gasteiger partial charge in [0.25, 0.3) is 0 Å². The van der Waals surface area contributed by atoms with E-state index < -0.39 is 0 Å². The summed E-state index contributed by atoms with van der Waals surface area (Å²) in [5, 5.41) is 5.04. The van der Waals surface area contributed by atoms with Gasteiger partial charge in [-0.1, -0.05) is 0 Å². The lowest BCUT2D eigenvalue weighted by Crippen LogP contribution is -2.67. The lowest BCUT2D eigenvalue weighted by Gasteiger charge is -2.50. The van der Waals surface area contributed by atoms with Crippen LogP contribution in [0.25, 0.3) is 0 Å². The lowest BCUT2D eigenvalue weighted by atomic mass is 9.79. The Bertz CT molecular complexity index is 740. The molecular weight excluding hydrogens is 335 g/mol. The second-order valence-electron chi connectivity index (χ2n) is 7.67. The first kappa shape index (κ1) is 17.4. The van der Waals surface area contributed by atoms with E-state index >= 15 is 0 Å². The summed E-state index contributed by atoms with van der Waals surface area (Å²) < 4.78 is 13.4. The third-order valence-electron chi connectivity index (χ3n) is 6.11. The number of carbonyl (C=O) groups is 2. The largest absolute Gasteiger partial charge is 0.340 e. The van der Waals surface area contributed by atoms with Gasteiger partial charge in [-0.25, -0.2) is 9.40 Å². The summed E-state index contributed by atoms with van der Waals surface area (Å²) in [7, 11) is 1.86. The summed E-state index contributed by atoms with van der Waals surface area (Å²) in [4.78, 5) is 27.2. The second-order valence-corrected chi connectivity index (χ2v) is 7.67. The van der Waals surface area contributed by atoms with Crippen molar-refractivity contribution in [2.45, 2.75) is 50.7 Å². The minimum atomic E-state index is -0.279. The number of hydrazine groups is 1. The maximum absolute atomic E-state index is 13.4. The number of fused-ring (bicyclic) bond motifs is 3. The molecule has 4 atom stereocenters. The average molecular weight is 360 g/mol. The number of likely N-dealkylation sites (N-methyl/N-ethyl adjacent to an activating group) is 1. The van der Waals surface area contributed by atoms with Crippen LogP contribution in [0.2, 0.25) is 0 Å². The molecule has 1 aromatic carbocycles. The van der Waals surface area contributed by atoms with Crippen LogP contribution in [0.3, 0.4) is 0 Å². The highest BCUT2D eigenvalue weighted by atomic mass is 19.1. The van der Waals surface area contributed by atoms with E-state index in [4.69, 9.17) is 0 Å². The van der Waals surface area contributed by atoms with Crippen molar-refractivity contribution >= 4 is 17.5 Å². The molecule has 3 fully saturated rings. The smallest absolute Gasteiger partial charge is 0.241 e. The standard InChI is InChI=1S/C19H25FN4O2/c1-11-9-13(4-5-14(11)20)22-18(25)12-3-6-15-17(10-12)23(2)19(26)16-7-8-21-24(15)16/h4-5,9,12,15-17,21H,3,6-8,10H2,1-2H3,(H,22,25). The van der Waals surface area contributed by atoms with Crippen LogP contribution in [-0.4, -0.2) is 53.4 Å². The predicted molar refractivity (Wildman–Crippen MR) is 95.7 cm³/mol. The Morgan fingerprint density at radius 2 is 2.08 bits per heavy atom. The molecule has 2 N–H and O–H groups in total. The van der Waals surface area contributed by atoms with E-state index in [1.54, 1.807) is 19.1 Å². The minimum absolute atomic E-state index is 0.0452. The van der Waals surface area contributed by atoms with Gasteiger partial charge in [0, 0.05) is 37.3 Å². The highest BCUT2D eigenvalue weighted by Crippen LogP contribution is 2.37. The zero-order valence-corrected chi connectivity index (χ0v) is 15.2. The quantitative estimate of drug-likeness (QED) is 0.842. The number of halogens is 1. The van der Waals surface area contributed by atoms with Crippen LogP contribution in [-0.2, 0) is 9.59 Å². The zero-order chi connectivity index (χ0) is 18.4. The number of amides is 2. The molecule has 2 saturated heterocycles. The first-order chi connectivity index (χ1) is 12.5. The number of nitrogens with one attached hydrogen (secondary N) is 2. The lowest BCUT2D eigenvalue weighted by molar-refractivity contribution is -0.153. The van der Waals surface area contributed by atoms with Crippen molar-refractivity contribution in [1.82, 2.24) is 15.3 Å². The molecule has 1 aromatic rings. The molecule has 4 unspecified atom stereocenters. The first-order valence-corrected chi connectivity index (χ1v) is 9.31. The summed E-state index contributed by atoms with van der Waals surface area (Å²) in [6.45, 7) is 2.51. The Balaban J connectivity index is 1.46. The highest BCUT2D eigenvalue weighted by molar-refractivity contribution is 5.93. The second kappa shape index (κ2) is 6.63. The molecule has 4 rings (SSSR count). The van der Waals surface area contributed by atoms with Crippen molar-refractivity contribution in [3.05, 3.63) is 29.6 Å². The Labute approximate surface area is 152 Å².